The Morgan fingerprint density at radius 2 is 1.59 bits per heavy atom. The monoisotopic (exact) mass is 515 g/mol. The van der Waals surface area contributed by atoms with Crippen molar-refractivity contribution in [3.05, 3.63) is 88.7 Å². The molecule has 192 valence electrons. The number of aromatic amines is 1. The summed E-state index contributed by atoms with van der Waals surface area (Å²) in [6.07, 6.45) is 3.50. The SMILES string of the molecule is CC(C)N1CCC(c2ccc(-c3ccc4[nH]c(=O)c(-c5cccc(NS(C)(=O)=O)c5)cc4c3)cc2)CC1. The average molecular weight is 516 g/mol. The quantitative estimate of drug-likeness (QED) is 0.339. The summed E-state index contributed by atoms with van der Waals surface area (Å²) < 4.78 is 25.7. The molecule has 1 fully saturated rings. The standard InChI is InChI=1S/C30H33N3O3S/c1-20(2)33-15-13-23(14-16-33)21-7-9-22(10-8-21)24-11-12-29-26(17-24)19-28(30(34)31-29)25-5-4-6-27(18-25)32-37(3,35)36/h4-12,17-20,23,32H,13-16H2,1-3H3,(H,31,34). The van der Waals surface area contributed by atoms with Crippen LogP contribution < -0.4 is 10.3 Å². The molecule has 0 atom stereocenters. The van der Waals surface area contributed by atoms with Gasteiger partial charge >= 0.3 is 0 Å². The molecule has 0 bridgehead atoms. The summed E-state index contributed by atoms with van der Waals surface area (Å²) in [5.74, 6) is 0.612. The van der Waals surface area contributed by atoms with Crippen molar-refractivity contribution in [2.24, 2.45) is 0 Å². The lowest BCUT2D eigenvalue weighted by molar-refractivity contribution is 0.172. The van der Waals surface area contributed by atoms with E-state index in [9.17, 15) is 13.2 Å². The summed E-state index contributed by atoms with van der Waals surface area (Å²) in [7, 11) is -3.41. The van der Waals surface area contributed by atoms with E-state index in [1.54, 1.807) is 24.3 Å². The highest BCUT2D eigenvalue weighted by Crippen LogP contribution is 2.32. The van der Waals surface area contributed by atoms with E-state index < -0.39 is 10.0 Å². The number of benzene rings is 3. The number of piperidine rings is 1. The van der Waals surface area contributed by atoms with Crippen LogP contribution in [0.3, 0.4) is 0 Å². The maximum Gasteiger partial charge on any atom is 0.256 e. The minimum absolute atomic E-state index is 0.218. The van der Waals surface area contributed by atoms with Gasteiger partial charge in [-0.3, -0.25) is 9.52 Å². The van der Waals surface area contributed by atoms with Gasteiger partial charge in [0.25, 0.3) is 5.56 Å². The molecule has 1 aliphatic heterocycles. The van der Waals surface area contributed by atoms with Gasteiger partial charge in [0.1, 0.15) is 0 Å². The maximum atomic E-state index is 12.8. The number of anilines is 1. The Hall–Kier alpha value is -3.42. The zero-order chi connectivity index (χ0) is 26.2. The molecule has 6 nitrogen and oxygen atoms in total. The number of rotatable bonds is 6. The van der Waals surface area contributed by atoms with Crippen molar-refractivity contribution in [2.75, 3.05) is 24.1 Å². The first-order valence-electron chi connectivity index (χ1n) is 12.8. The average Bonchev–Trinajstić information content (AvgIpc) is 2.87. The molecule has 37 heavy (non-hydrogen) atoms. The van der Waals surface area contributed by atoms with Gasteiger partial charge in [-0.05, 0) is 104 Å². The Morgan fingerprint density at radius 3 is 2.27 bits per heavy atom. The van der Waals surface area contributed by atoms with Crippen molar-refractivity contribution < 1.29 is 8.42 Å². The fourth-order valence-corrected chi connectivity index (χ4v) is 5.82. The van der Waals surface area contributed by atoms with Crippen LogP contribution in [0.4, 0.5) is 5.69 Å². The molecule has 0 aliphatic carbocycles. The third-order valence-corrected chi connectivity index (χ3v) is 7.90. The summed E-state index contributed by atoms with van der Waals surface area (Å²) in [4.78, 5) is 18.4. The van der Waals surface area contributed by atoms with E-state index in [2.05, 4.69) is 58.8 Å². The number of hydrogen-bond donors (Lipinski definition) is 2. The Labute approximate surface area is 218 Å². The molecule has 1 aliphatic rings. The van der Waals surface area contributed by atoms with Crippen LogP contribution >= 0.6 is 0 Å². The zero-order valence-electron chi connectivity index (χ0n) is 21.5. The molecule has 4 aromatic rings. The normalized spacial score (nSPS) is 15.4. The van der Waals surface area contributed by atoms with E-state index in [1.165, 1.54) is 18.4 Å². The third kappa shape index (κ3) is 5.78. The van der Waals surface area contributed by atoms with Crippen LogP contribution in [0.2, 0.25) is 0 Å². The van der Waals surface area contributed by atoms with Crippen LogP contribution in [-0.2, 0) is 10.0 Å². The molecular weight excluding hydrogens is 482 g/mol. The minimum Gasteiger partial charge on any atom is -0.321 e. The van der Waals surface area contributed by atoms with Crippen molar-refractivity contribution in [2.45, 2.75) is 38.6 Å². The summed E-state index contributed by atoms with van der Waals surface area (Å²) in [5, 5.41) is 0.915. The van der Waals surface area contributed by atoms with Gasteiger partial charge in [0.05, 0.1) is 6.26 Å². The number of pyridine rings is 1. The molecule has 0 radical (unpaired) electrons. The molecule has 3 aromatic carbocycles. The highest BCUT2D eigenvalue weighted by atomic mass is 32.2. The van der Waals surface area contributed by atoms with Crippen LogP contribution in [0.15, 0.2) is 77.6 Å². The second-order valence-electron chi connectivity index (χ2n) is 10.3. The lowest BCUT2D eigenvalue weighted by Gasteiger charge is -2.34. The first-order chi connectivity index (χ1) is 17.7. The van der Waals surface area contributed by atoms with Crippen molar-refractivity contribution in [1.82, 2.24) is 9.88 Å². The van der Waals surface area contributed by atoms with Crippen LogP contribution in [-0.4, -0.2) is 43.7 Å². The summed E-state index contributed by atoms with van der Waals surface area (Å²) in [5.41, 5.74) is 5.72. The number of nitrogens with one attached hydrogen (secondary N) is 2. The van der Waals surface area contributed by atoms with Gasteiger partial charge in [0.2, 0.25) is 10.0 Å². The Kier molecular flexibility index (Phi) is 6.92. The van der Waals surface area contributed by atoms with Crippen LogP contribution in [0.1, 0.15) is 38.2 Å². The molecule has 0 spiro atoms. The van der Waals surface area contributed by atoms with Crippen LogP contribution in [0.25, 0.3) is 33.2 Å². The van der Waals surface area contributed by atoms with Gasteiger partial charge < -0.3 is 9.88 Å². The van der Waals surface area contributed by atoms with Gasteiger partial charge in [0.15, 0.2) is 0 Å². The lowest BCUT2D eigenvalue weighted by atomic mass is 9.88. The molecule has 0 saturated carbocycles. The Bertz CT molecular complexity index is 1580. The first kappa shape index (κ1) is 25.2. The second-order valence-corrected chi connectivity index (χ2v) is 12.0. The molecule has 2 heterocycles. The molecule has 1 saturated heterocycles. The van der Waals surface area contributed by atoms with E-state index in [-0.39, 0.29) is 5.56 Å². The predicted molar refractivity (Wildman–Crippen MR) is 153 cm³/mol. The Morgan fingerprint density at radius 1 is 0.892 bits per heavy atom. The largest absolute Gasteiger partial charge is 0.321 e. The smallest absolute Gasteiger partial charge is 0.256 e. The van der Waals surface area contributed by atoms with Gasteiger partial charge in [0, 0.05) is 22.8 Å². The third-order valence-electron chi connectivity index (χ3n) is 7.30. The van der Waals surface area contributed by atoms with Gasteiger partial charge in [-0.1, -0.05) is 42.5 Å². The molecule has 1 aromatic heterocycles. The number of aromatic nitrogens is 1. The molecule has 7 heteroatoms. The van der Waals surface area contributed by atoms with Crippen molar-refractivity contribution in [3.8, 4) is 22.3 Å². The van der Waals surface area contributed by atoms with Crippen LogP contribution in [0.5, 0.6) is 0 Å². The highest BCUT2D eigenvalue weighted by Gasteiger charge is 2.22. The first-order valence-corrected chi connectivity index (χ1v) is 14.6. The summed E-state index contributed by atoms with van der Waals surface area (Å²) in [6, 6.07) is 24.3. The topological polar surface area (TPSA) is 82.3 Å². The van der Waals surface area contributed by atoms with Crippen molar-refractivity contribution in [1.29, 1.82) is 0 Å². The molecular formula is C30H33N3O3S. The fraction of sp³-hybridized carbons (Fsp3) is 0.300. The maximum absolute atomic E-state index is 12.8. The van der Waals surface area contributed by atoms with Gasteiger partial charge in [-0.2, -0.15) is 0 Å². The number of sulfonamides is 1. The van der Waals surface area contributed by atoms with Gasteiger partial charge in [-0.25, -0.2) is 8.42 Å². The van der Waals surface area contributed by atoms with E-state index in [4.69, 9.17) is 0 Å². The summed E-state index contributed by atoms with van der Waals surface area (Å²) >= 11 is 0. The van der Waals surface area contributed by atoms with Crippen molar-refractivity contribution >= 4 is 26.6 Å². The zero-order valence-corrected chi connectivity index (χ0v) is 22.3. The number of hydrogen-bond acceptors (Lipinski definition) is 4. The van der Waals surface area contributed by atoms with E-state index in [1.807, 2.05) is 18.2 Å². The summed E-state index contributed by atoms with van der Waals surface area (Å²) in [6.45, 7) is 6.85. The number of H-pyrrole nitrogens is 1. The molecule has 2 N–H and O–H groups in total. The highest BCUT2D eigenvalue weighted by molar-refractivity contribution is 7.92. The van der Waals surface area contributed by atoms with E-state index >= 15 is 0 Å². The fourth-order valence-electron chi connectivity index (χ4n) is 5.26. The predicted octanol–water partition coefficient (Wildman–Crippen LogP) is 5.82. The molecule has 0 amide bonds. The van der Waals surface area contributed by atoms with Crippen LogP contribution in [0, 0.1) is 0 Å². The van der Waals surface area contributed by atoms with Crippen molar-refractivity contribution in [3.63, 3.8) is 0 Å². The number of nitrogens with zero attached hydrogens (tertiary/aromatic N) is 1. The Balaban J connectivity index is 1.41. The van der Waals surface area contributed by atoms with E-state index in [0.717, 1.165) is 41.4 Å². The molecule has 0 unspecified atom stereocenters. The van der Waals surface area contributed by atoms with Gasteiger partial charge in [-0.15, -0.1) is 0 Å². The molecule has 5 rings (SSSR count). The number of fused-ring (bicyclic) bond motifs is 1. The minimum atomic E-state index is -3.41. The van der Waals surface area contributed by atoms with E-state index in [0.29, 0.717) is 28.8 Å². The lowest BCUT2D eigenvalue weighted by Crippen LogP contribution is -2.37. The second kappa shape index (κ2) is 10.1. The number of likely N-dealkylation sites (tertiary alicyclic amines) is 1.